The van der Waals surface area contributed by atoms with Crippen molar-refractivity contribution in [2.75, 3.05) is 13.2 Å². The Kier molecular flexibility index (Phi) is 11.3. The van der Waals surface area contributed by atoms with E-state index in [9.17, 15) is 34.5 Å². The van der Waals surface area contributed by atoms with Gasteiger partial charge in [-0.05, 0) is 128 Å². The topological polar surface area (TPSA) is 141 Å². The first-order chi connectivity index (χ1) is 26.0. The molecule has 9 atom stereocenters. The number of hydrogen-bond acceptors (Lipinski definition) is 7. The lowest BCUT2D eigenvalue weighted by molar-refractivity contribution is -0.235. The number of halogens is 1. The Hall–Kier alpha value is -2.75. The van der Waals surface area contributed by atoms with Crippen molar-refractivity contribution < 1.29 is 39.2 Å². The van der Waals surface area contributed by atoms with Gasteiger partial charge in [-0.2, -0.15) is 0 Å². The molecule has 1 amide bonds. The number of esters is 1. The zero-order valence-electron chi connectivity index (χ0n) is 35.2. The quantitative estimate of drug-likeness (QED) is 0.190. The van der Waals surface area contributed by atoms with Crippen LogP contribution in [0.5, 0.6) is 0 Å². The van der Waals surface area contributed by atoms with E-state index in [0.717, 1.165) is 61.7 Å². The molecule has 1 aromatic rings. The van der Waals surface area contributed by atoms with Gasteiger partial charge in [0.2, 0.25) is 5.91 Å². The number of amides is 1. The minimum atomic E-state index is -1.19. The first-order valence-corrected chi connectivity index (χ1v) is 21.4. The van der Waals surface area contributed by atoms with Crippen LogP contribution in [0.15, 0.2) is 35.4 Å². The molecule has 1 unspecified atom stereocenters. The van der Waals surface area contributed by atoms with Crippen LogP contribution in [0.1, 0.15) is 132 Å². The number of aliphatic hydroxyl groups is 2. The molecule has 10 heteroatoms. The third kappa shape index (κ3) is 6.77. The Morgan fingerprint density at radius 3 is 2.20 bits per heavy atom. The fourth-order valence-corrected chi connectivity index (χ4v) is 13.6. The maximum absolute atomic E-state index is 14.2. The number of ketones is 1. The summed E-state index contributed by atoms with van der Waals surface area (Å²) in [5, 5.41) is 32.6. The highest BCUT2D eigenvalue weighted by Crippen LogP contribution is 2.77. The molecule has 9 nitrogen and oxygen atoms in total. The van der Waals surface area contributed by atoms with Crippen LogP contribution in [0.2, 0.25) is 5.02 Å². The Morgan fingerprint density at radius 2 is 1.59 bits per heavy atom. The predicted molar refractivity (Wildman–Crippen MR) is 215 cm³/mol. The molecule has 0 aromatic heterocycles. The third-order valence-electron chi connectivity index (χ3n) is 16.7. The molecule has 56 heavy (non-hydrogen) atoms. The van der Waals surface area contributed by atoms with Crippen molar-refractivity contribution in [1.29, 1.82) is 0 Å². The first kappa shape index (κ1) is 42.8. The monoisotopic (exact) mass is 795 g/mol. The number of carbonyl (C=O) groups excluding carboxylic acids is 3. The lowest BCUT2D eigenvalue weighted by Crippen LogP contribution is -2.66. The van der Waals surface area contributed by atoms with Crippen molar-refractivity contribution >= 4 is 35.2 Å². The molecule has 0 heterocycles. The maximum atomic E-state index is 14.2. The molecule has 1 aromatic carbocycles. The number of carboxylic acid groups (broad SMARTS) is 1. The highest BCUT2D eigenvalue weighted by molar-refractivity contribution is 6.30. The van der Waals surface area contributed by atoms with Gasteiger partial charge in [0.05, 0.1) is 17.9 Å². The van der Waals surface area contributed by atoms with E-state index in [1.54, 1.807) is 26.0 Å². The Balaban J connectivity index is 1.29. The van der Waals surface area contributed by atoms with Crippen LogP contribution in [0.3, 0.4) is 0 Å². The summed E-state index contributed by atoms with van der Waals surface area (Å²) in [5.41, 5.74) is 0.393. The average molecular weight is 796 g/mol. The van der Waals surface area contributed by atoms with Gasteiger partial charge in [0.15, 0.2) is 5.78 Å². The molecule has 0 bridgehead atoms. The molecule has 3 N–H and O–H groups in total. The van der Waals surface area contributed by atoms with Gasteiger partial charge in [0, 0.05) is 35.4 Å². The van der Waals surface area contributed by atoms with Crippen molar-refractivity contribution in [3.63, 3.8) is 0 Å². The Bertz CT molecular complexity index is 1770. The number of carbonyl (C=O) groups is 4. The minimum absolute atomic E-state index is 0.00295. The lowest BCUT2D eigenvalue weighted by Gasteiger charge is -2.72. The fourth-order valence-electron chi connectivity index (χ4n) is 13.5. The minimum Gasteiger partial charge on any atom is -0.481 e. The van der Waals surface area contributed by atoms with Crippen LogP contribution in [-0.2, 0) is 30.5 Å². The number of Topliss-reactive ketones (excluding diaryl/α,β-unsaturated/α-hetero) is 1. The largest absolute Gasteiger partial charge is 0.481 e. The van der Waals surface area contributed by atoms with Crippen LogP contribution in [0, 0.1) is 56.2 Å². The lowest BCUT2D eigenvalue weighted by atomic mass is 9.33. The predicted octanol–water partition coefficient (Wildman–Crippen LogP) is 8.42. The Morgan fingerprint density at radius 1 is 0.929 bits per heavy atom. The van der Waals surface area contributed by atoms with Crippen LogP contribution in [0.4, 0.5) is 0 Å². The summed E-state index contributed by atoms with van der Waals surface area (Å²) in [6.45, 7) is 18.8. The zero-order chi connectivity index (χ0) is 41.4. The van der Waals surface area contributed by atoms with Crippen LogP contribution < -0.4 is 0 Å². The number of aliphatic hydroxyl groups excluding tert-OH is 2. The average Bonchev–Trinajstić information content (AvgIpc) is 3.43. The number of aliphatic carboxylic acids is 1. The van der Waals surface area contributed by atoms with Crippen LogP contribution >= 0.6 is 11.6 Å². The van der Waals surface area contributed by atoms with E-state index in [4.69, 9.17) is 16.3 Å². The molecular weight excluding hydrogens is 730 g/mol. The van der Waals surface area contributed by atoms with E-state index in [2.05, 4.69) is 48.5 Å². The van der Waals surface area contributed by atoms with Crippen molar-refractivity contribution in [1.82, 2.24) is 4.90 Å². The van der Waals surface area contributed by atoms with Crippen molar-refractivity contribution in [3.8, 4) is 0 Å². The SMILES string of the molecule is CC(C)C1=C2[C@H]3CCC4[C@@]5(C)CC[C@H](OC(=O)CC(C)(C)C(=O)O)C(C)(C)[C@@H]5CC[C@@]4(C)[C@]3(C)CC[C@@]2([C@@H](O)CN(Cc2ccc(Cl)cc2)C(=O)CO)CC1=O. The molecule has 0 radical (unpaired) electrons. The van der Waals surface area contributed by atoms with E-state index in [0.29, 0.717) is 23.3 Å². The number of allylic oxidation sites excluding steroid dienone is 1. The molecular formula is C46H66ClNO8. The fraction of sp³-hybridized carbons (Fsp3) is 0.739. The highest BCUT2D eigenvalue weighted by atomic mass is 35.5. The molecule has 0 saturated heterocycles. The van der Waals surface area contributed by atoms with Gasteiger partial charge >= 0.3 is 11.9 Å². The van der Waals surface area contributed by atoms with E-state index in [1.165, 1.54) is 4.90 Å². The Labute approximate surface area is 339 Å². The summed E-state index contributed by atoms with van der Waals surface area (Å²) >= 11 is 6.13. The molecule has 4 saturated carbocycles. The van der Waals surface area contributed by atoms with E-state index < -0.39 is 41.4 Å². The number of carboxylic acids is 1. The molecule has 5 aliphatic rings. The zero-order valence-corrected chi connectivity index (χ0v) is 35.9. The summed E-state index contributed by atoms with van der Waals surface area (Å²) in [6, 6.07) is 7.21. The van der Waals surface area contributed by atoms with Crippen molar-refractivity contribution in [2.24, 2.45) is 56.2 Å². The maximum Gasteiger partial charge on any atom is 0.309 e. The number of benzene rings is 1. The van der Waals surface area contributed by atoms with Gasteiger partial charge in [-0.1, -0.05) is 77.8 Å². The standard InChI is InChI=1S/C46H66ClNO8/c1-27(2)38-31(50)22-46(34(51)25-48(36(52)26-49)24-28-10-12-29(47)13-11-28)21-20-44(8)30(39(38)46)14-15-33-43(7)18-17-35(56-37(53)23-41(3,4)40(54)55)42(5,6)32(43)16-19-45(33,44)9/h10-13,27,30,32-35,49,51H,14-26H2,1-9H3,(H,54,55)/t30-,32+,33?,34+,35+,43+,44-,45-,46+/m1/s1. The summed E-state index contributed by atoms with van der Waals surface area (Å²) < 4.78 is 6.16. The van der Waals surface area contributed by atoms with Crippen LogP contribution in [0.25, 0.3) is 0 Å². The smallest absolute Gasteiger partial charge is 0.309 e. The number of ether oxygens (including phenoxy) is 1. The number of hydrogen-bond donors (Lipinski definition) is 3. The van der Waals surface area contributed by atoms with Gasteiger partial charge < -0.3 is 25.0 Å². The summed E-state index contributed by atoms with van der Waals surface area (Å²) in [5.74, 6) is -0.993. The second kappa shape index (κ2) is 14.8. The highest BCUT2D eigenvalue weighted by Gasteiger charge is 2.71. The van der Waals surface area contributed by atoms with Gasteiger partial charge in [-0.25, -0.2) is 0 Å². The van der Waals surface area contributed by atoms with E-state index in [-0.39, 0.29) is 71.3 Å². The summed E-state index contributed by atoms with van der Waals surface area (Å²) in [6.07, 6.45) is 5.88. The normalized spacial score (nSPS) is 35.6. The van der Waals surface area contributed by atoms with Gasteiger partial charge in [0.1, 0.15) is 12.7 Å². The van der Waals surface area contributed by atoms with Crippen LogP contribution in [-0.4, -0.2) is 69.2 Å². The molecule has 6 rings (SSSR count). The van der Waals surface area contributed by atoms with Crippen molar-refractivity contribution in [3.05, 3.63) is 46.0 Å². The molecule has 310 valence electrons. The van der Waals surface area contributed by atoms with E-state index in [1.807, 2.05) is 12.1 Å². The number of fused-ring (bicyclic) bond motifs is 7. The number of nitrogens with zero attached hydrogens (tertiary/aromatic N) is 1. The molecule has 0 spiro atoms. The van der Waals surface area contributed by atoms with Crippen molar-refractivity contribution in [2.45, 2.75) is 145 Å². The van der Waals surface area contributed by atoms with Gasteiger partial charge in [-0.3, -0.25) is 19.2 Å². The number of rotatable bonds is 11. The second-order valence-corrected chi connectivity index (χ2v) is 21.1. The second-order valence-electron chi connectivity index (χ2n) is 20.6. The van der Waals surface area contributed by atoms with Gasteiger partial charge in [0.25, 0.3) is 0 Å². The molecule has 4 fully saturated rings. The van der Waals surface area contributed by atoms with Gasteiger partial charge in [-0.15, -0.1) is 0 Å². The molecule has 0 aliphatic heterocycles. The third-order valence-corrected chi connectivity index (χ3v) is 16.9. The van der Waals surface area contributed by atoms with E-state index >= 15 is 0 Å². The summed E-state index contributed by atoms with van der Waals surface area (Å²) in [7, 11) is 0. The summed E-state index contributed by atoms with van der Waals surface area (Å²) in [4.78, 5) is 53.8. The first-order valence-electron chi connectivity index (χ1n) is 21.0. The molecule has 5 aliphatic carbocycles.